The van der Waals surface area contributed by atoms with Gasteiger partial charge in [-0.15, -0.1) is 11.3 Å². The molecular weight excluding hydrogens is 360 g/mol. The van der Waals surface area contributed by atoms with Crippen molar-refractivity contribution < 1.29 is 19.6 Å². The van der Waals surface area contributed by atoms with Crippen LogP contribution >= 0.6 is 11.3 Å². The molecule has 1 heterocycles. The van der Waals surface area contributed by atoms with Crippen molar-refractivity contribution in [2.45, 2.75) is 0 Å². The lowest BCUT2D eigenvalue weighted by atomic mass is 10.1. The van der Waals surface area contributed by atoms with Gasteiger partial charge in [-0.25, -0.2) is 4.79 Å². The van der Waals surface area contributed by atoms with Gasteiger partial charge in [0.05, 0.1) is 10.5 Å². The summed E-state index contributed by atoms with van der Waals surface area (Å²) in [6.07, 6.45) is 0. The predicted octanol–water partition coefficient (Wildman–Crippen LogP) is 3.26. The Hall–Kier alpha value is -3.66. The summed E-state index contributed by atoms with van der Waals surface area (Å²) in [6, 6.07) is 9.07. The number of nitro groups is 1. The Bertz CT molecular complexity index is 1030. The maximum Gasteiger partial charge on any atom is 0.324 e. The molecule has 0 atom stereocenters. The molecule has 0 aliphatic rings. The number of non-ortho nitro benzene ring substituents is 1. The van der Waals surface area contributed by atoms with E-state index in [1.165, 1.54) is 36.4 Å². The Morgan fingerprint density at radius 2 is 1.81 bits per heavy atom. The zero-order chi connectivity index (χ0) is 18.8. The van der Waals surface area contributed by atoms with Gasteiger partial charge >= 0.3 is 6.03 Å². The number of phenolic OH excluding ortho intramolecular Hbond substituents is 1. The van der Waals surface area contributed by atoms with Gasteiger partial charge in [-0.05, 0) is 30.3 Å². The van der Waals surface area contributed by atoms with E-state index < -0.39 is 16.9 Å². The standard InChI is InChI=1S/C16H12N4O5S/c17-14(22)13-11-6-5-10(21)7-12(11)26-15(13)19-16(23)18-8-1-3-9(4-2-8)20(24)25/h1-7,21H,(H2,17,22)(H2,18,19,23). The van der Waals surface area contributed by atoms with Crippen LogP contribution in [0.4, 0.5) is 21.2 Å². The third-order valence-electron chi connectivity index (χ3n) is 3.48. The number of hydrogen-bond acceptors (Lipinski definition) is 6. The van der Waals surface area contributed by atoms with E-state index in [1.807, 2.05) is 0 Å². The number of nitro benzene ring substituents is 1. The molecule has 10 heteroatoms. The topological polar surface area (TPSA) is 148 Å². The number of primary amides is 1. The van der Waals surface area contributed by atoms with E-state index in [-0.39, 0.29) is 22.0 Å². The molecule has 0 fully saturated rings. The molecule has 0 aliphatic carbocycles. The summed E-state index contributed by atoms with van der Waals surface area (Å²) in [7, 11) is 0. The number of carbonyl (C=O) groups excluding carboxylic acids is 2. The quantitative estimate of drug-likeness (QED) is 0.410. The van der Waals surface area contributed by atoms with E-state index in [0.717, 1.165) is 11.3 Å². The van der Waals surface area contributed by atoms with Gasteiger partial charge in [0, 0.05) is 27.9 Å². The van der Waals surface area contributed by atoms with E-state index >= 15 is 0 Å². The summed E-state index contributed by atoms with van der Waals surface area (Å²) in [5.74, 6) is -0.691. The maximum atomic E-state index is 12.2. The second kappa shape index (κ2) is 6.69. The summed E-state index contributed by atoms with van der Waals surface area (Å²) < 4.78 is 0.587. The van der Waals surface area contributed by atoms with Crippen LogP contribution in [0, 0.1) is 10.1 Å². The number of thiophene rings is 1. The highest BCUT2D eigenvalue weighted by atomic mass is 32.1. The first-order valence-electron chi connectivity index (χ1n) is 7.23. The van der Waals surface area contributed by atoms with Crippen molar-refractivity contribution in [1.82, 2.24) is 0 Å². The summed E-state index contributed by atoms with van der Waals surface area (Å²) in [5.41, 5.74) is 5.79. The Morgan fingerprint density at radius 3 is 2.42 bits per heavy atom. The first kappa shape index (κ1) is 17.2. The molecule has 0 unspecified atom stereocenters. The van der Waals surface area contributed by atoms with E-state index in [2.05, 4.69) is 10.6 Å². The van der Waals surface area contributed by atoms with Crippen LogP contribution in [0.15, 0.2) is 42.5 Å². The van der Waals surface area contributed by atoms with E-state index in [0.29, 0.717) is 15.8 Å². The number of phenols is 1. The smallest absolute Gasteiger partial charge is 0.324 e. The zero-order valence-electron chi connectivity index (χ0n) is 13.1. The lowest BCUT2D eigenvalue weighted by Gasteiger charge is -2.07. The molecule has 0 spiro atoms. The van der Waals surface area contributed by atoms with Crippen LogP contribution in [0.1, 0.15) is 10.4 Å². The fourth-order valence-electron chi connectivity index (χ4n) is 2.35. The Morgan fingerprint density at radius 1 is 1.12 bits per heavy atom. The fraction of sp³-hybridized carbons (Fsp3) is 0. The lowest BCUT2D eigenvalue weighted by molar-refractivity contribution is -0.384. The maximum absolute atomic E-state index is 12.2. The second-order valence-corrected chi connectivity index (χ2v) is 6.29. The largest absolute Gasteiger partial charge is 0.508 e. The first-order chi connectivity index (χ1) is 12.3. The average molecular weight is 372 g/mol. The molecule has 0 saturated carbocycles. The Balaban J connectivity index is 1.83. The number of benzene rings is 2. The SMILES string of the molecule is NC(=O)c1c(NC(=O)Nc2ccc([N+](=O)[O-])cc2)sc2cc(O)ccc12. The van der Waals surface area contributed by atoms with Crippen LogP contribution in [0.2, 0.25) is 0 Å². The third kappa shape index (κ3) is 3.39. The van der Waals surface area contributed by atoms with Gasteiger partial charge in [-0.3, -0.25) is 20.2 Å². The number of carbonyl (C=O) groups is 2. The molecular formula is C16H12N4O5S. The summed E-state index contributed by atoms with van der Waals surface area (Å²) in [5, 5.41) is 26.0. The number of amides is 3. The van der Waals surface area contributed by atoms with Crippen LogP contribution in [0.25, 0.3) is 10.1 Å². The predicted molar refractivity (Wildman–Crippen MR) is 97.7 cm³/mol. The summed E-state index contributed by atoms with van der Waals surface area (Å²) >= 11 is 1.09. The normalized spacial score (nSPS) is 10.5. The number of aromatic hydroxyl groups is 1. The van der Waals surface area contributed by atoms with Gasteiger partial charge < -0.3 is 16.2 Å². The first-order valence-corrected chi connectivity index (χ1v) is 8.04. The van der Waals surface area contributed by atoms with Crippen LogP contribution in [0.3, 0.4) is 0 Å². The molecule has 5 N–H and O–H groups in total. The third-order valence-corrected chi connectivity index (χ3v) is 4.55. The lowest BCUT2D eigenvalue weighted by Crippen LogP contribution is -2.21. The average Bonchev–Trinajstić information content (AvgIpc) is 2.91. The second-order valence-electron chi connectivity index (χ2n) is 5.23. The van der Waals surface area contributed by atoms with Crippen molar-refractivity contribution >= 4 is 49.7 Å². The fourth-order valence-corrected chi connectivity index (χ4v) is 3.49. The molecule has 132 valence electrons. The van der Waals surface area contributed by atoms with Crippen LogP contribution in [-0.4, -0.2) is 22.0 Å². The summed E-state index contributed by atoms with van der Waals surface area (Å²) in [4.78, 5) is 34.0. The molecule has 3 rings (SSSR count). The minimum Gasteiger partial charge on any atom is -0.508 e. The van der Waals surface area contributed by atoms with Crippen molar-refractivity contribution in [3.05, 3.63) is 58.1 Å². The highest BCUT2D eigenvalue weighted by Gasteiger charge is 2.19. The highest BCUT2D eigenvalue weighted by molar-refractivity contribution is 7.23. The Labute approximate surface area is 150 Å². The number of hydrogen-bond donors (Lipinski definition) is 4. The van der Waals surface area contributed by atoms with E-state index in [9.17, 15) is 24.8 Å². The molecule has 0 saturated heterocycles. The van der Waals surface area contributed by atoms with Gasteiger partial charge in [0.2, 0.25) is 0 Å². The Kier molecular flexibility index (Phi) is 4.42. The van der Waals surface area contributed by atoms with Gasteiger partial charge in [0.25, 0.3) is 11.6 Å². The van der Waals surface area contributed by atoms with Crippen LogP contribution < -0.4 is 16.4 Å². The van der Waals surface area contributed by atoms with Crippen LogP contribution in [0.5, 0.6) is 5.75 Å². The molecule has 0 aliphatic heterocycles. The van der Waals surface area contributed by atoms with Gasteiger partial charge in [0.1, 0.15) is 10.8 Å². The van der Waals surface area contributed by atoms with Gasteiger partial charge in [0.15, 0.2) is 0 Å². The number of nitrogens with one attached hydrogen (secondary N) is 2. The van der Waals surface area contributed by atoms with Gasteiger partial charge in [-0.1, -0.05) is 0 Å². The number of fused-ring (bicyclic) bond motifs is 1. The monoisotopic (exact) mass is 372 g/mol. The van der Waals surface area contributed by atoms with Crippen molar-refractivity contribution in [1.29, 1.82) is 0 Å². The van der Waals surface area contributed by atoms with Crippen molar-refractivity contribution in [2.24, 2.45) is 5.73 Å². The van der Waals surface area contributed by atoms with Crippen LogP contribution in [-0.2, 0) is 0 Å². The number of urea groups is 1. The minimum atomic E-state index is -0.715. The number of rotatable bonds is 4. The number of nitrogens with two attached hydrogens (primary N) is 1. The number of nitrogens with zero attached hydrogens (tertiary/aromatic N) is 1. The number of anilines is 2. The van der Waals surface area contributed by atoms with Gasteiger partial charge in [-0.2, -0.15) is 0 Å². The molecule has 2 aromatic carbocycles. The molecule has 3 amide bonds. The van der Waals surface area contributed by atoms with Crippen molar-refractivity contribution in [2.75, 3.05) is 10.6 Å². The molecule has 9 nitrogen and oxygen atoms in total. The molecule has 0 bridgehead atoms. The van der Waals surface area contributed by atoms with E-state index in [4.69, 9.17) is 5.73 Å². The molecule has 1 aromatic heterocycles. The molecule has 0 radical (unpaired) electrons. The van der Waals surface area contributed by atoms with E-state index in [1.54, 1.807) is 6.07 Å². The van der Waals surface area contributed by atoms with Crippen molar-refractivity contribution in [3.8, 4) is 5.75 Å². The minimum absolute atomic E-state index is 0.0247. The highest BCUT2D eigenvalue weighted by Crippen LogP contribution is 2.37. The summed E-state index contributed by atoms with van der Waals surface area (Å²) in [6.45, 7) is 0. The zero-order valence-corrected chi connectivity index (χ0v) is 13.9. The molecule has 3 aromatic rings. The van der Waals surface area contributed by atoms with Crippen molar-refractivity contribution in [3.63, 3.8) is 0 Å². The molecule has 26 heavy (non-hydrogen) atoms.